The topological polar surface area (TPSA) is 204 Å². The highest BCUT2D eigenvalue weighted by molar-refractivity contribution is 5.92. The zero-order valence-electron chi connectivity index (χ0n) is 20.3. The number of aliphatic carboxylic acids is 1. The smallest absolute Gasteiger partial charge is 0.319 e. The van der Waals surface area contributed by atoms with E-state index in [1.54, 1.807) is 55.5 Å². The maximum absolute atomic E-state index is 12.4. The molecule has 2 aromatic rings. The molecule has 2 aromatic carbocycles. The maximum atomic E-state index is 12.4. The van der Waals surface area contributed by atoms with Gasteiger partial charge in [-0.05, 0) is 42.0 Å². The van der Waals surface area contributed by atoms with E-state index < -0.39 is 24.1 Å². The van der Waals surface area contributed by atoms with Gasteiger partial charge in [-0.2, -0.15) is 0 Å². The molecule has 198 valence electrons. The van der Waals surface area contributed by atoms with E-state index in [4.69, 9.17) is 5.73 Å². The third kappa shape index (κ3) is 11.0. The highest BCUT2D eigenvalue weighted by atomic mass is 16.4. The third-order valence-electron chi connectivity index (χ3n) is 4.90. The van der Waals surface area contributed by atoms with Crippen LogP contribution in [0.4, 0.5) is 26.7 Å². The molecule has 13 nitrogen and oxygen atoms in total. The Balaban J connectivity index is 1.77. The Kier molecular flexibility index (Phi) is 11.2. The summed E-state index contributed by atoms with van der Waals surface area (Å²) in [6.45, 7) is 1.91. The number of rotatable bonds is 12. The number of nitrogens with one attached hydrogen (secondary N) is 6. The molecule has 0 radical (unpaired) electrons. The molecule has 6 amide bonds. The molecule has 0 heterocycles. The summed E-state index contributed by atoms with van der Waals surface area (Å²) in [6, 6.07) is 11.0. The number of carbonyl (C=O) groups excluding carboxylic acids is 4. The minimum absolute atomic E-state index is 0.127. The van der Waals surface area contributed by atoms with Gasteiger partial charge in [-0.1, -0.05) is 19.1 Å². The van der Waals surface area contributed by atoms with Crippen molar-refractivity contribution >= 4 is 46.9 Å². The van der Waals surface area contributed by atoms with Crippen LogP contribution in [0.15, 0.2) is 48.5 Å². The first-order chi connectivity index (χ1) is 17.7. The molecule has 9 N–H and O–H groups in total. The number of nitrogen functional groups attached to an aromatic ring is 1. The third-order valence-corrected chi connectivity index (χ3v) is 4.90. The van der Waals surface area contributed by atoms with E-state index in [0.29, 0.717) is 22.6 Å². The number of urea groups is 2. The zero-order valence-corrected chi connectivity index (χ0v) is 20.3. The second-order valence-electron chi connectivity index (χ2n) is 7.86. The molecule has 0 aliphatic rings. The second-order valence-corrected chi connectivity index (χ2v) is 7.86. The lowest BCUT2D eigenvalue weighted by molar-refractivity contribution is -0.137. The normalized spacial score (nSPS) is 10.9. The molecule has 0 fully saturated rings. The number of carboxylic acid groups (broad SMARTS) is 1. The monoisotopic (exact) mass is 513 g/mol. The molecule has 0 aliphatic heterocycles. The van der Waals surface area contributed by atoms with Crippen LogP contribution in [0.25, 0.3) is 0 Å². The van der Waals surface area contributed by atoms with Gasteiger partial charge < -0.3 is 42.7 Å². The van der Waals surface area contributed by atoms with Gasteiger partial charge in [0.25, 0.3) is 0 Å². The van der Waals surface area contributed by atoms with Crippen LogP contribution in [0.5, 0.6) is 0 Å². The predicted octanol–water partition coefficient (Wildman–Crippen LogP) is 1.37. The maximum Gasteiger partial charge on any atom is 0.319 e. The van der Waals surface area contributed by atoms with Crippen molar-refractivity contribution in [2.24, 2.45) is 0 Å². The van der Waals surface area contributed by atoms with Crippen LogP contribution in [-0.2, 0) is 14.4 Å². The number of hydrogen-bond donors (Lipinski definition) is 8. The quantitative estimate of drug-likeness (QED) is 0.154. The zero-order chi connectivity index (χ0) is 27.2. The highest BCUT2D eigenvalue weighted by Crippen LogP contribution is 2.20. The molecule has 13 heteroatoms. The molecular weight excluding hydrogens is 482 g/mol. The molecular formula is C24H31N7O6. The fourth-order valence-corrected chi connectivity index (χ4v) is 3.08. The lowest BCUT2D eigenvalue weighted by Crippen LogP contribution is -2.41. The average molecular weight is 514 g/mol. The van der Waals surface area contributed by atoms with E-state index in [-0.39, 0.29) is 44.3 Å². The Bertz CT molecular complexity index is 1110. The van der Waals surface area contributed by atoms with Crippen molar-refractivity contribution in [2.75, 3.05) is 36.0 Å². The van der Waals surface area contributed by atoms with E-state index >= 15 is 0 Å². The van der Waals surface area contributed by atoms with Gasteiger partial charge in [0.1, 0.15) is 0 Å². The van der Waals surface area contributed by atoms with Crippen LogP contribution in [0.2, 0.25) is 0 Å². The molecule has 0 saturated carbocycles. The van der Waals surface area contributed by atoms with Crippen molar-refractivity contribution in [3.63, 3.8) is 0 Å². The summed E-state index contributed by atoms with van der Waals surface area (Å²) < 4.78 is 0. The van der Waals surface area contributed by atoms with Crippen molar-refractivity contribution < 1.29 is 29.1 Å². The summed E-state index contributed by atoms with van der Waals surface area (Å²) in [7, 11) is 0. The summed E-state index contributed by atoms with van der Waals surface area (Å²) in [4.78, 5) is 58.4. The number of hydrogen-bond acceptors (Lipinski definition) is 6. The van der Waals surface area contributed by atoms with Crippen molar-refractivity contribution in [3.05, 3.63) is 54.1 Å². The van der Waals surface area contributed by atoms with Gasteiger partial charge in [-0.3, -0.25) is 14.4 Å². The Labute approximate surface area is 213 Å². The number of carboxylic acids is 1. The molecule has 0 aromatic heterocycles. The van der Waals surface area contributed by atoms with E-state index in [9.17, 15) is 29.1 Å². The van der Waals surface area contributed by atoms with Gasteiger partial charge in [0, 0.05) is 36.6 Å². The van der Waals surface area contributed by atoms with Gasteiger partial charge >= 0.3 is 18.0 Å². The first-order valence-electron chi connectivity index (χ1n) is 11.5. The lowest BCUT2D eigenvalue weighted by Gasteiger charge is -2.18. The van der Waals surface area contributed by atoms with E-state index in [0.717, 1.165) is 0 Å². The molecule has 2 rings (SSSR count). The van der Waals surface area contributed by atoms with Crippen LogP contribution in [-0.4, -0.2) is 54.6 Å². The van der Waals surface area contributed by atoms with Crippen molar-refractivity contribution in [3.8, 4) is 0 Å². The van der Waals surface area contributed by atoms with Gasteiger partial charge in [0.05, 0.1) is 19.0 Å². The summed E-state index contributed by atoms with van der Waals surface area (Å²) in [5.41, 5.74) is 7.65. The van der Waals surface area contributed by atoms with Crippen LogP contribution < -0.4 is 37.6 Å². The van der Waals surface area contributed by atoms with E-state index in [2.05, 4.69) is 31.9 Å². The first kappa shape index (κ1) is 28.4. The summed E-state index contributed by atoms with van der Waals surface area (Å²) >= 11 is 0. The summed E-state index contributed by atoms with van der Waals surface area (Å²) in [6.07, 6.45) is -0.0371. The second kappa shape index (κ2) is 14.6. The Hall–Kier alpha value is -4.81. The number of carbonyl (C=O) groups is 5. The summed E-state index contributed by atoms with van der Waals surface area (Å²) in [5.74, 6) is -1.67. The van der Waals surface area contributed by atoms with Gasteiger partial charge in [-0.15, -0.1) is 0 Å². The average Bonchev–Trinajstić information content (AvgIpc) is 2.85. The SMILES string of the molecule is CCC(=O)NCC(=O)NCCNC(=O)Nc1ccc(NC(=O)N[C@H](CC(=O)O)c2cccc(N)c2)cc1. The van der Waals surface area contributed by atoms with Gasteiger partial charge in [0.15, 0.2) is 0 Å². The molecule has 1 atom stereocenters. The van der Waals surface area contributed by atoms with Crippen molar-refractivity contribution in [2.45, 2.75) is 25.8 Å². The molecule has 0 saturated heterocycles. The fourth-order valence-electron chi connectivity index (χ4n) is 3.08. The van der Waals surface area contributed by atoms with Gasteiger partial charge in [0.2, 0.25) is 11.8 Å². The number of amides is 6. The van der Waals surface area contributed by atoms with Crippen LogP contribution in [0, 0.1) is 0 Å². The van der Waals surface area contributed by atoms with E-state index in [1.807, 2.05) is 0 Å². The highest BCUT2D eigenvalue weighted by Gasteiger charge is 2.18. The lowest BCUT2D eigenvalue weighted by atomic mass is 10.0. The standard InChI is InChI=1S/C24H31N7O6/c1-2-20(32)28-14-21(33)26-10-11-27-23(36)29-17-6-8-18(9-7-17)30-24(37)31-19(13-22(34)35)15-4-3-5-16(25)12-15/h3-9,12,19H,2,10-11,13-14,25H2,1H3,(H,26,33)(H,28,32)(H,34,35)(H2,27,29,36)(H2,30,31,37)/t19-/m1/s1. The predicted molar refractivity (Wildman–Crippen MR) is 138 cm³/mol. The molecule has 0 bridgehead atoms. The minimum Gasteiger partial charge on any atom is -0.481 e. The Morgan fingerprint density at radius 3 is 2.05 bits per heavy atom. The van der Waals surface area contributed by atoms with Crippen molar-refractivity contribution in [1.82, 2.24) is 21.3 Å². The summed E-state index contributed by atoms with van der Waals surface area (Å²) in [5, 5.41) is 24.6. The number of nitrogens with two attached hydrogens (primary N) is 1. The molecule has 0 unspecified atom stereocenters. The van der Waals surface area contributed by atoms with Gasteiger partial charge in [-0.25, -0.2) is 9.59 Å². The van der Waals surface area contributed by atoms with Crippen LogP contribution >= 0.6 is 0 Å². The van der Waals surface area contributed by atoms with Crippen molar-refractivity contribution in [1.29, 1.82) is 0 Å². The number of benzene rings is 2. The van der Waals surface area contributed by atoms with Crippen LogP contribution in [0.1, 0.15) is 31.4 Å². The largest absolute Gasteiger partial charge is 0.481 e. The first-order valence-corrected chi connectivity index (χ1v) is 11.5. The molecule has 37 heavy (non-hydrogen) atoms. The van der Waals surface area contributed by atoms with E-state index in [1.165, 1.54) is 0 Å². The number of anilines is 3. The van der Waals surface area contributed by atoms with Crippen LogP contribution in [0.3, 0.4) is 0 Å². The minimum atomic E-state index is -1.08. The molecule has 0 aliphatic carbocycles. The fraction of sp³-hybridized carbons (Fsp3) is 0.292. The molecule has 0 spiro atoms. The Morgan fingerprint density at radius 1 is 0.838 bits per heavy atom. The Morgan fingerprint density at radius 2 is 1.46 bits per heavy atom.